The Morgan fingerprint density at radius 3 is 2.71 bits per heavy atom. The van der Waals surface area contributed by atoms with E-state index in [1.54, 1.807) is 6.07 Å². The van der Waals surface area contributed by atoms with Crippen LogP contribution >= 0.6 is 27.5 Å². The van der Waals surface area contributed by atoms with Gasteiger partial charge in [0, 0.05) is 12.0 Å². The first-order chi connectivity index (χ1) is 13.2. The van der Waals surface area contributed by atoms with Gasteiger partial charge in [0.05, 0.1) is 22.3 Å². The lowest BCUT2D eigenvalue weighted by molar-refractivity contribution is -0.121. The minimum absolute atomic E-state index is 0.0621. The van der Waals surface area contributed by atoms with Crippen molar-refractivity contribution >= 4 is 39.7 Å². The van der Waals surface area contributed by atoms with Crippen LogP contribution in [-0.4, -0.2) is 18.7 Å². The van der Waals surface area contributed by atoms with E-state index in [9.17, 15) is 9.18 Å². The number of hydrogen-bond acceptors (Lipinski definition) is 3. The number of nitrogens with zero attached hydrogens (tertiary/aromatic N) is 1. The molecule has 0 aromatic heterocycles. The summed E-state index contributed by atoms with van der Waals surface area (Å²) < 4.78 is 20.2. The monoisotopic (exact) mass is 468 g/mol. The van der Waals surface area contributed by atoms with Crippen molar-refractivity contribution in [2.75, 3.05) is 6.61 Å². The van der Waals surface area contributed by atoms with E-state index in [0.717, 1.165) is 10.2 Å². The molecule has 28 heavy (non-hydrogen) atoms. The summed E-state index contributed by atoms with van der Waals surface area (Å²) in [6.07, 6.45) is 1.95. The van der Waals surface area contributed by atoms with Crippen LogP contribution in [0.2, 0.25) is 5.02 Å². The molecule has 2 rings (SSSR count). The van der Waals surface area contributed by atoms with Gasteiger partial charge in [0.15, 0.2) is 0 Å². The van der Waals surface area contributed by atoms with E-state index < -0.39 is 5.82 Å². The standard InChI is InChI=1S/C21H23BrClFN2O2/c1-21(2,3)14-9-10-19(16(22)12-14)28-11-5-8-20(27)26-25-13-15-17(23)6-4-7-18(15)24/h4,6-7,9-10,12-13H,5,8,11H2,1-3H3,(H,26,27)/b25-13+. The molecule has 2 aromatic rings. The third kappa shape index (κ3) is 6.60. The number of carbonyl (C=O) groups excluding carboxylic acids is 1. The Labute approximate surface area is 178 Å². The fourth-order valence-electron chi connectivity index (χ4n) is 2.36. The Bertz CT molecular complexity index is 846. The van der Waals surface area contributed by atoms with Gasteiger partial charge < -0.3 is 4.74 Å². The number of ether oxygens (including phenoxy) is 1. The molecule has 0 atom stereocenters. The van der Waals surface area contributed by atoms with E-state index in [0.29, 0.717) is 13.0 Å². The second kappa shape index (κ2) is 10.0. The van der Waals surface area contributed by atoms with Crippen LogP contribution in [0.1, 0.15) is 44.7 Å². The summed E-state index contributed by atoms with van der Waals surface area (Å²) in [4.78, 5) is 11.8. The summed E-state index contributed by atoms with van der Waals surface area (Å²) in [7, 11) is 0. The SMILES string of the molecule is CC(C)(C)c1ccc(OCCCC(=O)N/N=C/c2c(F)cccc2Cl)c(Br)c1. The Morgan fingerprint density at radius 2 is 2.07 bits per heavy atom. The van der Waals surface area contributed by atoms with E-state index >= 15 is 0 Å². The first-order valence-electron chi connectivity index (χ1n) is 8.87. The lowest BCUT2D eigenvalue weighted by atomic mass is 9.87. The molecule has 0 spiro atoms. The van der Waals surface area contributed by atoms with Gasteiger partial charge in [0.25, 0.3) is 0 Å². The molecule has 0 aliphatic rings. The Kier molecular flexibility index (Phi) is 8.01. The molecule has 0 fully saturated rings. The smallest absolute Gasteiger partial charge is 0.240 e. The normalized spacial score (nSPS) is 11.6. The molecular formula is C21H23BrClFN2O2. The van der Waals surface area contributed by atoms with Gasteiger partial charge in [-0.15, -0.1) is 0 Å². The Hall–Kier alpha value is -1.92. The fourth-order valence-corrected chi connectivity index (χ4v) is 3.06. The van der Waals surface area contributed by atoms with E-state index in [-0.39, 0.29) is 28.3 Å². The second-order valence-electron chi connectivity index (χ2n) is 7.28. The number of hydrogen-bond donors (Lipinski definition) is 1. The number of carbonyl (C=O) groups is 1. The lowest BCUT2D eigenvalue weighted by Crippen LogP contribution is -2.18. The third-order valence-corrected chi connectivity index (χ3v) is 4.94. The van der Waals surface area contributed by atoms with Crippen molar-refractivity contribution in [2.24, 2.45) is 5.10 Å². The molecule has 1 amide bonds. The number of nitrogens with one attached hydrogen (secondary N) is 1. The van der Waals surface area contributed by atoms with Gasteiger partial charge in [-0.1, -0.05) is 44.5 Å². The molecule has 0 aliphatic carbocycles. The van der Waals surface area contributed by atoms with Gasteiger partial charge in [0.2, 0.25) is 5.91 Å². The summed E-state index contributed by atoms with van der Waals surface area (Å²) >= 11 is 9.41. The highest BCUT2D eigenvalue weighted by molar-refractivity contribution is 9.10. The van der Waals surface area contributed by atoms with Gasteiger partial charge in [-0.2, -0.15) is 5.10 Å². The first-order valence-corrected chi connectivity index (χ1v) is 10.0. The highest BCUT2D eigenvalue weighted by atomic mass is 79.9. The Morgan fingerprint density at radius 1 is 1.32 bits per heavy atom. The van der Waals surface area contributed by atoms with Crippen LogP contribution in [0.4, 0.5) is 4.39 Å². The van der Waals surface area contributed by atoms with Crippen molar-refractivity contribution in [3.63, 3.8) is 0 Å². The van der Waals surface area contributed by atoms with Crippen LogP contribution in [0.25, 0.3) is 0 Å². The maximum absolute atomic E-state index is 13.6. The molecule has 0 bridgehead atoms. The number of amides is 1. The van der Waals surface area contributed by atoms with Gasteiger partial charge >= 0.3 is 0 Å². The predicted octanol–water partition coefficient (Wildman–Crippen LogP) is 5.85. The molecular weight excluding hydrogens is 447 g/mol. The second-order valence-corrected chi connectivity index (χ2v) is 8.54. The number of benzene rings is 2. The molecule has 0 unspecified atom stereocenters. The minimum Gasteiger partial charge on any atom is -0.492 e. The zero-order valence-corrected chi connectivity index (χ0v) is 18.4. The van der Waals surface area contributed by atoms with Gasteiger partial charge in [0.1, 0.15) is 11.6 Å². The summed E-state index contributed by atoms with van der Waals surface area (Å²) in [6.45, 7) is 6.84. The zero-order chi connectivity index (χ0) is 20.7. The average molecular weight is 470 g/mol. The van der Waals surface area contributed by atoms with Gasteiger partial charge in [-0.25, -0.2) is 9.82 Å². The molecule has 7 heteroatoms. The van der Waals surface area contributed by atoms with Crippen LogP contribution in [0.5, 0.6) is 5.75 Å². The summed E-state index contributed by atoms with van der Waals surface area (Å²) in [5.41, 5.74) is 3.77. The number of halogens is 3. The molecule has 1 N–H and O–H groups in total. The molecule has 150 valence electrons. The van der Waals surface area contributed by atoms with E-state index in [1.165, 1.54) is 23.9 Å². The molecule has 0 heterocycles. The highest BCUT2D eigenvalue weighted by Gasteiger charge is 2.15. The summed E-state index contributed by atoms with van der Waals surface area (Å²) in [5, 5.41) is 3.98. The van der Waals surface area contributed by atoms with Crippen molar-refractivity contribution in [1.29, 1.82) is 0 Å². The van der Waals surface area contributed by atoms with Crippen molar-refractivity contribution < 1.29 is 13.9 Å². The maximum atomic E-state index is 13.6. The highest BCUT2D eigenvalue weighted by Crippen LogP contribution is 2.31. The zero-order valence-electron chi connectivity index (χ0n) is 16.1. The van der Waals surface area contributed by atoms with Crippen LogP contribution in [0.3, 0.4) is 0 Å². The van der Waals surface area contributed by atoms with Gasteiger partial charge in [-0.05, 0) is 57.6 Å². The topological polar surface area (TPSA) is 50.7 Å². The molecule has 4 nitrogen and oxygen atoms in total. The van der Waals surface area contributed by atoms with Crippen molar-refractivity contribution in [2.45, 2.75) is 39.0 Å². The fraction of sp³-hybridized carbons (Fsp3) is 0.333. The van der Waals surface area contributed by atoms with E-state index in [2.05, 4.69) is 47.2 Å². The van der Waals surface area contributed by atoms with Gasteiger partial charge in [-0.3, -0.25) is 4.79 Å². The third-order valence-electron chi connectivity index (χ3n) is 3.99. The number of rotatable bonds is 7. The van der Waals surface area contributed by atoms with E-state index in [4.69, 9.17) is 16.3 Å². The average Bonchev–Trinajstić information content (AvgIpc) is 2.61. The molecule has 0 aliphatic heterocycles. The summed E-state index contributed by atoms with van der Waals surface area (Å²) in [5.74, 6) is -0.0444. The van der Waals surface area contributed by atoms with Crippen molar-refractivity contribution in [3.05, 3.63) is 62.8 Å². The molecule has 0 saturated heterocycles. The van der Waals surface area contributed by atoms with Crippen LogP contribution in [0.15, 0.2) is 46.0 Å². The maximum Gasteiger partial charge on any atom is 0.240 e. The van der Waals surface area contributed by atoms with Crippen LogP contribution in [0, 0.1) is 5.82 Å². The Balaban J connectivity index is 1.76. The molecule has 0 saturated carbocycles. The molecule has 2 aromatic carbocycles. The largest absolute Gasteiger partial charge is 0.492 e. The lowest BCUT2D eigenvalue weighted by Gasteiger charge is -2.20. The van der Waals surface area contributed by atoms with E-state index in [1.807, 2.05) is 18.2 Å². The van der Waals surface area contributed by atoms with Crippen LogP contribution < -0.4 is 10.2 Å². The summed E-state index contributed by atoms with van der Waals surface area (Å²) in [6, 6.07) is 10.3. The first kappa shape index (κ1) is 22.4. The van der Waals surface area contributed by atoms with Crippen molar-refractivity contribution in [1.82, 2.24) is 5.43 Å². The number of hydrazone groups is 1. The molecule has 0 radical (unpaired) electrons. The quantitative estimate of drug-likeness (QED) is 0.314. The predicted molar refractivity (Wildman–Crippen MR) is 115 cm³/mol. The van der Waals surface area contributed by atoms with Crippen LogP contribution in [-0.2, 0) is 10.2 Å². The minimum atomic E-state index is -0.498. The van der Waals surface area contributed by atoms with Crippen molar-refractivity contribution in [3.8, 4) is 5.75 Å².